The Labute approximate surface area is 466 Å². The lowest BCUT2D eigenvalue weighted by atomic mass is 10.0. The molecule has 436 valence electrons. The topological polar surface area (TPSA) is 78.9 Å². The highest BCUT2D eigenvalue weighted by Crippen LogP contribution is 2.17. The van der Waals surface area contributed by atoms with Crippen LogP contribution in [0.1, 0.15) is 342 Å². The van der Waals surface area contributed by atoms with E-state index in [9.17, 15) is 14.4 Å². The molecule has 0 aromatic carbocycles. The highest BCUT2D eigenvalue weighted by atomic mass is 16.6. The SMILES string of the molecule is CC/C=C\C/C=C\C/C=C\C/C=C\CCCCCCC(=O)OC[C@H](COC(=O)CCCCCCCCCCCCC/C=C\CCCCCCCC)OC(=O)CCCCCCCCCCCCCCCCCCCCC. The molecule has 0 radical (unpaired) electrons. The molecule has 0 aliphatic heterocycles. The van der Waals surface area contributed by atoms with Crippen molar-refractivity contribution in [3.8, 4) is 0 Å². The van der Waals surface area contributed by atoms with Gasteiger partial charge in [0.1, 0.15) is 13.2 Å². The first-order chi connectivity index (χ1) is 37.0. The predicted molar refractivity (Wildman–Crippen MR) is 325 cm³/mol. The van der Waals surface area contributed by atoms with E-state index >= 15 is 0 Å². The average molecular weight is 1050 g/mol. The summed E-state index contributed by atoms with van der Waals surface area (Å²) in [7, 11) is 0. The molecule has 0 N–H and O–H groups in total. The number of carbonyl (C=O) groups excluding carboxylic acids is 3. The molecule has 0 amide bonds. The normalized spacial score (nSPS) is 12.4. The molecule has 0 aromatic heterocycles. The molecule has 0 spiro atoms. The Bertz CT molecular complexity index is 1340. The van der Waals surface area contributed by atoms with Crippen LogP contribution in [0.2, 0.25) is 0 Å². The van der Waals surface area contributed by atoms with Crippen molar-refractivity contribution in [2.24, 2.45) is 0 Å². The molecule has 1 atom stereocenters. The Morgan fingerprint density at radius 2 is 0.520 bits per heavy atom. The molecular formula is C69H124O6. The van der Waals surface area contributed by atoms with Gasteiger partial charge in [0.25, 0.3) is 0 Å². The number of rotatable bonds is 60. The van der Waals surface area contributed by atoms with E-state index in [2.05, 4.69) is 81.5 Å². The third-order valence-corrected chi connectivity index (χ3v) is 14.5. The predicted octanol–water partition coefficient (Wildman–Crippen LogP) is 22.3. The fourth-order valence-electron chi connectivity index (χ4n) is 9.61. The number of hydrogen-bond acceptors (Lipinski definition) is 6. The van der Waals surface area contributed by atoms with Gasteiger partial charge in [0.15, 0.2) is 6.10 Å². The first-order valence-corrected chi connectivity index (χ1v) is 32.8. The third kappa shape index (κ3) is 61.8. The van der Waals surface area contributed by atoms with Crippen LogP contribution in [-0.4, -0.2) is 37.2 Å². The molecule has 0 unspecified atom stereocenters. The van der Waals surface area contributed by atoms with E-state index in [0.717, 1.165) is 96.3 Å². The lowest BCUT2D eigenvalue weighted by molar-refractivity contribution is -0.167. The minimum Gasteiger partial charge on any atom is -0.462 e. The van der Waals surface area contributed by atoms with Gasteiger partial charge in [0, 0.05) is 19.3 Å². The summed E-state index contributed by atoms with van der Waals surface area (Å²) in [4.78, 5) is 38.4. The quantitative estimate of drug-likeness (QED) is 0.0261. The van der Waals surface area contributed by atoms with Crippen LogP contribution in [0.25, 0.3) is 0 Å². The summed E-state index contributed by atoms with van der Waals surface area (Å²) in [6.45, 7) is 6.56. The number of hydrogen-bond donors (Lipinski definition) is 0. The van der Waals surface area contributed by atoms with Crippen LogP contribution in [0.4, 0.5) is 0 Å². The van der Waals surface area contributed by atoms with Crippen molar-refractivity contribution in [3.63, 3.8) is 0 Å². The Morgan fingerprint density at radius 3 is 0.827 bits per heavy atom. The molecule has 0 fully saturated rings. The Balaban J connectivity index is 4.36. The number of carbonyl (C=O) groups is 3. The van der Waals surface area contributed by atoms with Crippen molar-refractivity contribution >= 4 is 17.9 Å². The monoisotopic (exact) mass is 1050 g/mol. The van der Waals surface area contributed by atoms with E-state index in [1.807, 2.05) is 0 Å². The minimum atomic E-state index is -0.784. The highest BCUT2D eigenvalue weighted by molar-refractivity contribution is 5.71. The van der Waals surface area contributed by atoms with Gasteiger partial charge >= 0.3 is 17.9 Å². The van der Waals surface area contributed by atoms with E-state index in [-0.39, 0.29) is 31.1 Å². The first-order valence-electron chi connectivity index (χ1n) is 32.8. The van der Waals surface area contributed by atoms with Crippen LogP contribution in [0.5, 0.6) is 0 Å². The number of esters is 3. The van der Waals surface area contributed by atoms with Crippen molar-refractivity contribution in [3.05, 3.63) is 60.8 Å². The van der Waals surface area contributed by atoms with Crippen LogP contribution in [-0.2, 0) is 28.6 Å². The summed E-state index contributed by atoms with van der Waals surface area (Å²) in [5.41, 5.74) is 0. The van der Waals surface area contributed by atoms with E-state index in [1.54, 1.807) is 0 Å². The van der Waals surface area contributed by atoms with E-state index in [1.165, 1.54) is 205 Å². The Kier molecular flexibility index (Phi) is 61.2. The first kappa shape index (κ1) is 72.1. The van der Waals surface area contributed by atoms with Crippen molar-refractivity contribution in [2.45, 2.75) is 348 Å². The standard InChI is InChI=1S/C69H124O6/c1-4-7-10-13-16-19-22-25-28-31-33-34-36-38-41-44-47-50-53-56-59-62-68(71)74-65-66(64-73-67(70)61-58-55-52-49-46-43-40-37-30-27-24-21-18-15-12-9-6-3)75-69(72)63-60-57-54-51-48-45-42-39-35-32-29-26-23-20-17-14-11-8-5-2/h9,12,18,21,25,27-28,30,40,43,66H,4-8,10-11,13-17,19-20,22-24,26,29,31-39,41-42,44-65H2,1-3H3/b12-9-,21-18-,28-25-,30-27-,43-40-/t66-/m1/s1. The third-order valence-electron chi connectivity index (χ3n) is 14.5. The summed E-state index contributed by atoms with van der Waals surface area (Å²) in [6, 6.07) is 0. The molecule has 0 rings (SSSR count). The smallest absolute Gasteiger partial charge is 0.306 e. The Morgan fingerprint density at radius 1 is 0.280 bits per heavy atom. The number of ether oxygens (including phenoxy) is 3. The summed E-state index contributed by atoms with van der Waals surface area (Å²) < 4.78 is 16.9. The van der Waals surface area contributed by atoms with Gasteiger partial charge in [-0.2, -0.15) is 0 Å². The zero-order valence-corrected chi connectivity index (χ0v) is 50.1. The van der Waals surface area contributed by atoms with E-state index in [0.29, 0.717) is 19.3 Å². The Hall–Kier alpha value is -2.89. The van der Waals surface area contributed by atoms with Crippen LogP contribution in [0.3, 0.4) is 0 Å². The van der Waals surface area contributed by atoms with Gasteiger partial charge in [-0.25, -0.2) is 0 Å². The number of unbranched alkanes of at least 4 members (excludes halogenated alkanes) is 39. The lowest BCUT2D eigenvalue weighted by Gasteiger charge is -2.18. The average Bonchev–Trinajstić information content (AvgIpc) is 3.41. The molecule has 0 saturated heterocycles. The van der Waals surface area contributed by atoms with Gasteiger partial charge < -0.3 is 14.2 Å². The zero-order chi connectivity index (χ0) is 54.3. The maximum absolute atomic E-state index is 12.9. The largest absolute Gasteiger partial charge is 0.462 e. The van der Waals surface area contributed by atoms with Crippen molar-refractivity contribution in [2.75, 3.05) is 13.2 Å². The molecule has 6 heteroatoms. The maximum atomic E-state index is 12.9. The number of allylic oxidation sites excluding steroid dienone is 10. The summed E-state index contributed by atoms with van der Waals surface area (Å²) in [5, 5.41) is 0. The fraction of sp³-hybridized carbons (Fsp3) is 0.812. The van der Waals surface area contributed by atoms with E-state index < -0.39 is 6.10 Å². The zero-order valence-electron chi connectivity index (χ0n) is 50.1. The molecule has 75 heavy (non-hydrogen) atoms. The molecule has 0 aliphatic carbocycles. The molecule has 0 saturated carbocycles. The van der Waals surface area contributed by atoms with Gasteiger partial charge in [-0.1, -0.05) is 300 Å². The summed E-state index contributed by atoms with van der Waals surface area (Å²) in [6.07, 6.45) is 80.8. The van der Waals surface area contributed by atoms with Crippen LogP contribution in [0, 0.1) is 0 Å². The second-order valence-corrected chi connectivity index (χ2v) is 22.0. The van der Waals surface area contributed by atoms with Gasteiger partial charge in [-0.3, -0.25) is 14.4 Å². The van der Waals surface area contributed by atoms with E-state index in [4.69, 9.17) is 14.2 Å². The molecule has 0 aromatic rings. The summed E-state index contributed by atoms with van der Waals surface area (Å²) >= 11 is 0. The van der Waals surface area contributed by atoms with Crippen LogP contribution >= 0.6 is 0 Å². The van der Waals surface area contributed by atoms with Gasteiger partial charge in [-0.05, 0) is 83.5 Å². The molecule has 6 nitrogen and oxygen atoms in total. The van der Waals surface area contributed by atoms with Crippen LogP contribution < -0.4 is 0 Å². The molecule has 0 heterocycles. The second-order valence-electron chi connectivity index (χ2n) is 22.0. The fourth-order valence-corrected chi connectivity index (χ4v) is 9.61. The molecule has 0 bridgehead atoms. The highest BCUT2D eigenvalue weighted by Gasteiger charge is 2.19. The minimum absolute atomic E-state index is 0.0791. The second kappa shape index (κ2) is 63.6. The van der Waals surface area contributed by atoms with Crippen molar-refractivity contribution in [1.29, 1.82) is 0 Å². The van der Waals surface area contributed by atoms with Gasteiger partial charge in [0.2, 0.25) is 0 Å². The van der Waals surface area contributed by atoms with Gasteiger partial charge in [0.05, 0.1) is 0 Å². The van der Waals surface area contributed by atoms with Crippen molar-refractivity contribution < 1.29 is 28.6 Å². The molecular weight excluding hydrogens is 925 g/mol. The van der Waals surface area contributed by atoms with Crippen molar-refractivity contribution in [1.82, 2.24) is 0 Å². The maximum Gasteiger partial charge on any atom is 0.306 e. The lowest BCUT2D eigenvalue weighted by Crippen LogP contribution is -2.30. The molecule has 0 aliphatic rings. The van der Waals surface area contributed by atoms with Gasteiger partial charge in [-0.15, -0.1) is 0 Å². The van der Waals surface area contributed by atoms with Crippen LogP contribution in [0.15, 0.2) is 60.8 Å². The summed E-state index contributed by atoms with van der Waals surface area (Å²) in [5.74, 6) is -0.883.